The zero-order valence-corrected chi connectivity index (χ0v) is 11.8. The molecule has 0 unspecified atom stereocenters. The van der Waals surface area contributed by atoms with Crippen molar-refractivity contribution in [1.29, 1.82) is 0 Å². The van der Waals surface area contributed by atoms with Gasteiger partial charge in [0.2, 0.25) is 10.0 Å². The van der Waals surface area contributed by atoms with Crippen molar-refractivity contribution < 1.29 is 8.42 Å². The van der Waals surface area contributed by atoms with Crippen LogP contribution in [-0.4, -0.2) is 15.0 Å². The average molecular weight is 282 g/mol. The lowest BCUT2D eigenvalue weighted by Gasteiger charge is -2.12. The topological polar surface area (TPSA) is 46.2 Å². The maximum atomic E-state index is 11.8. The minimum Gasteiger partial charge on any atom is -0.210 e. The molecule has 0 bridgehead atoms. The van der Waals surface area contributed by atoms with Crippen LogP contribution in [0.1, 0.15) is 26.7 Å². The standard InChI is InChI=1S/C10H16ClNO2S2/c1-3-8(4-2)7-12-16(13,14)10-6-5-9(11)15-10/h5-6,8,12H,3-4,7H2,1-2H3. The molecule has 1 aromatic rings. The molecule has 0 aliphatic carbocycles. The monoisotopic (exact) mass is 281 g/mol. The second kappa shape index (κ2) is 6.00. The van der Waals surface area contributed by atoms with E-state index in [4.69, 9.17) is 11.6 Å². The van der Waals surface area contributed by atoms with Crippen molar-refractivity contribution in [2.45, 2.75) is 30.9 Å². The SMILES string of the molecule is CCC(CC)CNS(=O)(=O)c1ccc(Cl)s1. The molecule has 0 amide bonds. The van der Waals surface area contributed by atoms with Gasteiger partial charge in [0.05, 0.1) is 4.34 Å². The second-order valence-electron chi connectivity index (χ2n) is 3.59. The van der Waals surface area contributed by atoms with Crippen molar-refractivity contribution >= 4 is 33.0 Å². The van der Waals surface area contributed by atoms with Crippen LogP contribution in [0.25, 0.3) is 0 Å². The fourth-order valence-corrected chi connectivity index (χ4v) is 3.96. The van der Waals surface area contributed by atoms with Gasteiger partial charge in [0.1, 0.15) is 4.21 Å². The molecule has 0 atom stereocenters. The van der Waals surface area contributed by atoms with E-state index in [0.717, 1.165) is 24.2 Å². The zero-order chi connectivity index (χ0) is 12.2. The van der Waals surface area contributed by atoms with Crippen LogP contribution in [0.4, 0.5) is 0 Å². The maximum Gasteiger partial charge on any atom is 0.250 e. The van der Waals surface area contributed by atoms with Crippen LogP contribution in [0.3, 0.4) is 0 Å². The van der Waals surface area contributed by atoms with Crippen molar-refractivity contribution in [3.05, 3.63) is 16.5 Å². The van der Waals surface area contributed by atoms with Crippen molar-refractivity contribution in [2.24, 2.45) is 5.92 Å². The van der Waals surface area contributed by atoms with E-state index < -0.39 is 10.0 Å². The molecule has 0 spiro atoms. The first-order valence-corrected chi connectivity index (χ1v) is 7.92. The van der Waals surface area contributed by atoms with Crippen LogP contribution in [0.5, 0.6) is 0 Å². The number of halogens is 1. The molecule has 0 aliphatic rings. The molecule has 1 rings (SSSR count). The summed E-state index contributed by atoms with van der Waals surface area (Å²) in [6, 6.07) is 3.13. The van der Waals surface area contributed by atoms with Gasteiger partial charge in [-0.1, -0.05) is 38.3 Å². The molecule has 0 aromatic carbocycles. The summed E-state index contributed by atoms with van der Waals surface area (Å²) in [4.78, 5) is 0. The third kappa shape index (κ3) is 3.73. The van der Waals surface area contributed by atoms with Gasteiger partial charge in [-0.05, 0) is 18.1 Å². The predicted molar refractivity (Wildman–Crippen MR) is 68.6 cm³/mol. The third-order valence-corrected chi connectivity index (χ3v) is 5.68. The summed E-state index contributed by atoms with van der Waals surface area (Å²) in [6.07, 6.45) is 1.95. The van der Waals surface area contributed by atoms with E-state index in [1.165, 1.54) is 6.07 Å². The van der Waals surface area contributed by atoms with E-state index in [-0.39, 0.29) is 4.21 Å². The quantitative estimate of drug-likeness (QED) is 0.871. The summed E-state index contributed by atoms with van der Waals surface area (Å²) in [6.45, 7) is 4.61. The van der Waals surface area contributed by atoms with Gasteiger partial charge in [0.15, 0.2) is 0 Å². The molecule has 0 fully saturated rings. The van der Waals surface area contributed by atoms with Gasteiger partial charge in [0, 0.05) is 6.54 Å². The van der Waals surface area contributed by atoms with Gasteiger partial charge in [-0.25, -0.2) is 13.1 Å². The van der Waals surface area contributed by atoms with Crippen LogP contribution >= 0.6 is 22.9 Å². The number of nitrogens with one attached hydrogen (secondary N) is 1. The first-order chi connectivity index (χ1) is 7.49. The zero-order valence-electron chi connectivity index (χ0n) is 9.36. The molecule has 6 heteroatoms. The smallest absolute Gasteiger partial charge is 0.210 e. The summed E-state index contributed by atoms with van der Waals surface area (Å²) >= 11 is 6.79. The van der Waals surface area contributed by atoms with Crippen molar-refractivity contribution in [3.8, 4) is 0 Å². The molecule has 0 saturated carbocycles. The van der Waals surface area contributed by atoms with E-state index >= 15 is 0 Å². The third-order valence-electron chi connectivity index (χ3n) is 2.53. The van der Waals surface area contributed by atoms with Crippen molar-refractivity contribution in [2.75, 3.05) is 6.54 Å². The number of sulfonamides is 1. The van der Waals surface area contributed by atoms with E-state index in [1.54, 1.807) is 6.07 Å². The summed E-state index contributed by atoms with van der Waals surface area (Å²) in [5, 5.41) is 0. The summed E-state index contributed by atoms with van der Waals surface area (Å²) in [5.41, 5.74) is 0. The first kappa shape index (κ1) is 14.0. The van der Waals surface area contributed by atoms with Crippen LogP contribution in [0, 0.1) is 5.92 Å². The minimum atomic E-state index is -3.37. The van der Waals surface area contributed by atoms with Crippen LogP contribution < -0.4 is 4.72 Å². The Morgan fingerprint density at radius 3 is 2.44 bits per heavy atom. The average Bonchev–Trinajstić information content (AvgIpc) is 2.67. The maximum absolute atomic E-state index is 11.8. The van der Waals surface area contributed by atoms with E-state index in [2.05, 4.69) is 18.6 Å². The molecule has 3 nitrogen and oxygen atoms in total. The molecule has 1 aromatic heterocycles. The predicted octanol–water partition coefficient (Wildman–Crippen LogP) is 3.12. The van der Waals surface area contributed by atoms with Gasteiger partial charge in [0.25, 0.3) is 0 Å². The number of rotatable bonds is 6. The van der Waals surface area contributed by atoms with Crippen molar-refractivity contribution in [1.82, 2.24) is 4.72 Å². The van der Waals surface area contributed by atoms with Gasteiger partial charge in [-0.15, -0.1) is 11.3 Å². The number of hydrogen-bond acceptors (Lipinski definition) is 3. The van der Waals surface area contributed by atoms with E-state index in [1.807, 2.05) is 0 Å². The van der Waals surface area contributed by atoms with Gasteiger partial charge >= 0.3 is 0 Å². The molecule has 1 N–H and O–H groups in total. The van der Waals surface area contributed by atoms with Crippen molar-refractivity contribution in [3.63, 3.8) is 0 Å². The molecule has 16 heavy (non-hydrogen) atoms. The Morgan fingerprint density at radius 1 is 1.38 bits per heavy atom. The van der Waals surface area contributed by atoms with Crippen LogP contribution in [0.15, 0.2) is 16.3 Å². The Labute approximate surface area is 106 Å². The number of hydrogen-bond donors (Lipinski definition) is 1. The highest BCUT2D eigenvalue weighted by molar-refractivity contribution is 7.91. The van der Waals surface area contributed by atoms with Gasteiger partial charge in [-0.2, -0.15) is 0 Å². The lowest BCUT2D eigenvalue weighted by Crippen LogP contribution is -2.28. The largest absolute Gasteiger partial charge is 0.250 e. The molecule has 1 heterocycles. The molecule has 0 aliphatic heterocycles. The normalized spacial score (nSPS) is 12.2. The molecule has 92 valence electrons. The van der Waals surface area contributed by atoms with Gasteiger partial charge in [-0.3, -0.25) is 0 Å². The first-order valence-electron chi connectivity index (χ1n) is 5.24. The highest BCUT2D eigenvalue weighted by Gasteiger charge is 2.17. The Bertz CT molecular complexity index is 424. The Morgan fingerprint density at radius 2 is 2.00 bits per heavy atom. The fraction of sp³-hybridized carbons (Fsp3) is 0.600. The molecular formula is C10H16ClNO2S2. The van der Waals surface area contributed by atoms with E-state index in [0.29, 0.717) is 16.8 Å². The fourth-order valence-electron chi connectivity index (χ4n) is 1.32. The van der Waals surface area contributed by atoms with Gasteiger partial charge < -0.3 is 0 Å². The summed E-state index contributed by atoms with van der Waals surface area (Å²) in [7, 11) is -3.37. The number of thiophene rings is 1. The lowest BCUT2D eigenvalue weighted by molar-refractivity contribution is 0.479. The Kier molecular flexibility index (Phi) is 5.24. The highest BCUT2D eigenvalue weighted by Crippen LogP contribution is 2.25. The summed E-state index contributed by atoms with van der Waals surface area (Å²) < 4.78 is 27.0. The van der Waals surface area contributed by atoms with Crippen LogP contribution in [0.2, 0.25) is 4.34 Å². The van der Waals surface area contributed by atoms with E-state index in [9.17, 15) is 8.42 Å². The minimum absolute atomic E-state index is 0.281. The molecule has 0 radical (unpaired) electrons. The Balaban J connectivity index is 2.66. The molecule has 0 saturated heterocycles. The lowest BCUT2D eigenvalue weighted by atomic mass is 10.0. The highest BCUT2D eigenvalue weighted by atomic mass is 35.5. The summed E-state index contributed by atoms with van der Waals surface area (Å²) in [5.74, 6) is 0.394. The van der Waals surface area contributed by atoms with Crippen LogP contribution in [-0.2, 0) is 10.0 Å². The molecular weight excluding hydrogens is 266 g/mol. The Hall–Kier alpha value is -0.100. The second-order valence-corrected chi connectivity index (χ2v) is 7.30.